The van der Waals surface area contributed by atoms with Gasteiger partial charge in [0.05, 0.1) is 4.70 Å². The van der Waals surface area contributed by atoms with E-state index in [-0.39, 0.29) is 22.6 Å². The molecule has 0 saturated carbocycles. The number of Topliss-reactive ketones (excluding diaryl/α,β-unsaturated/α-hetero) is 2. The Balaban J connectivity index is 0.000000567. The number of nitrogens with one attached hydrogen (secondary N) is 3. The average Bonchev–Trinajstić information content (AvgIpc) is 3.44. The van der Waals surface area contributed by atoms with Gasteiger partial charge in [-0.1, -0.05) is 67.5 Å². The lowest BCUT2D eigenvalue weighted by Gasteiger charge is -2.30. The summed E-state index contributed by atoms with van der Waals surface area (Å²) in [4.78, 5) is 48.6. The van der Waals surface area contributed by atoms with Gasteiger partial charge in [-0.3, -0.25) is 19.2 Å². The van der Waals surface area contributed by atoms with Crippen molar-refractivity contribution in [1.29, 1.82) is 0 Å². The number of unbranched alkanes of at least 4 members (excludes halogenated alkanes) is 1. The Labute approximate surface area is 277 Å². The minimum atomic E-state index is -5.77. The number of hydrogen-bond acceptors (Lipinski definition) is 8. The summed E-state index contributed by atoms with van der Waals surface area (Å²) in [5, 5.41) is 16.8. The Bertz CT molecular complexity index is 1500. The maximum absolute atomic E-state index is 13.0. The van der Waals surface area contributed by atoms with E-state index in [1.165, 1.54) is 5.56 Å². The van der Waals surface area contributed by atoms with Crippen molar-refractivity contribution in [3.8, 4) is 5.75 Å². The van der Waals surface area contributed by atoms with Gasteiger partial charge in [0.25, 0.3) is 0 Å². The summed E-state index contributed by atoms with van der Waals surface area (Å²) >= 11 is 1.13. The molecule has 1 aromatic heterocycles. The number of aromatic hydroxyl groups is 1. The number of carbonyl (C=O) groups excluding carboxylic acids is 3. The molecule has 266 valence electrons. The number of phenolic OH excluding ortho intramolecular Hbond substituents is 1. The van der Waals surface area contributed by atoms with Crippen molar-refractivity contribution in [2.75, 3.05) is 32.7 Å². The van der Waals surface area contributed by atoms with Gasteiger partial charge in [0.15, 0.2) is 0 Å². The molecule has 9 nitrogen and oxygen atoms in total. The minimum Gasteiger partial charge on any atom is -0.506 e. The first kappa shape index (κ1) is 40.4. The number of aromatic nitrogens is 1. The maximum Gasteiger partial charge on any atom is 0.458 e. The van der Waals surface area contributed by atoms with Gasteiger partial charge in [0.1, 0.15) is 11.3 Å². The van der Waals surface area contributed by atoms with E-state index in [9.17, 15) is 50.6 Å². The highest BCUT2D eigenvalue weighted by Crippen LogP contribution is 2.28. The van der Waals surface area contributed by atoms with Crippen molar-refractivity contribution >= 4 is 39.0 Å². The lowest BCUT2D eigenvalue weighted by Crippen LogP contribution is -2.43. The third-order valence-electron chi connectivity index (χ3n) is 7.24. The van der Waals surface area contributed by atoms with Gasteiger partial charge in [0.2, 0.25) is 5.91 Å². The first-order valence-corrected chi connectivity index (χ1v) is 16.2. The fraction of sp³-hybridized carbons (Fsp3) is 0.500. The first-order chi connectivity index (χ1) is 22.6. The number of thiazole rings is 1. The van der Waals surface area contributed by atoms with Crippen LogP contribution in [0.2, 0.25) is 0 Å². The van der Waals surface area contributed by atoms with Gasteiger partial charge in [-0.15, -0.1) is 0 Å². The van der Waals surface area contributed by atoms with Crippen LogP contribution in [0.15, 0.2) is 47.3 Å². The molecule has 0 unspecified atom stereocenters. The molecule has 0 bridgehead atoms. The monoisotopic (exact) mass is 706 g/mol. The summed E-state index contributed by atoms with van der Waals surface area (Å²) in [6, 6.07) is 14.1. The number of aromatic amines is 1. The molecule has 3 aromatic rings. The highest BCUT2D eigenvalue weighted by Gasteiger charge is 2.54. The zero-order chi connectivity index (χ0) is 35.9. The standard InChI is InChI=1S/C28H40N4O3S.C4F6O2/c1-3-4-8-21(2)32(25(34)15-18-29-16-13-22-9-6-5-7-10-22)20-19-30-17-14-23-11-12-24(33)26-27(23)36-28(35)31-26;5-3(6,7)1(11)2(12)4(8,9)10/h5-7,9-12,21,29-30,33H,3-4,8,13-20H2,1-2H3,(H,31,35);/t21-;/m0./s1. The summed E-state index contributed by atoms with van der Waals surface area (Å²) < 4.78 is 67.8. The molecule has 0 radical (unpaired) electrons. The van der Waals surface area contributed by atoms with Crippen LogP contribution in [-0.4, -0.2) is 83.6 Å². The van der Waals surface area contributed by atoms with E-state index < -0.39 is 23.9 Å². The Morgan fingerprint density at radius 2 is 1.50 bits per heavy atom. The highest BCUT2D eigenvalue weighted by molar-refractivity contribution is 7.16. The van der Waals surface area contributed by atoms with Gasteiger partial charge in [0, 0.05) is 32.1 Å². The van der Waals surface area contributed by atoms with Gasteiger partial charge < -0.3 is 25.6 Å². The number of carbonyl (C=O) groups is 3. The van der Waals surface area contributed by atoms with E-state index in [1.54, 1.807) is 6.07 Å². The number of hydrogen-bond donors (Lipinski definition) is 4. The molecule has 48 heavy (non-hydrogen) atoms. The molecule has 0 aliphatic carbocycles. The molecule has 1 amide bonds. The van der Waals surface area contributed by atoms with E-state index >= 15 is 0 Å². The number of ketones is 2. The van der Waals surface area contributed by atoms with E-state index in [2.05, 4.69) is 53.7 Å². The third-order valence-corrected chi connectivity index (χ3v) is 8.20. The van der Waals surface area contributed by atoms with Crippen molar-refractivity contribution in [1.82, 2.24) is 20.5 Å². The Morgan fingerprint density at radius 3 is 2.10 bits per heavy atom. The van der Waals surface area contributed by atoms with E-state index in [0.29, 0.717) is 31.6 Å². The van der Waals surface area contributed by atoms with Crippen LogP contribution in [0.5, 0.6) is 5.75 Å². The summed E-state index contributed by atoms with van der Waals surface area (Å²) in [5.74, 6) is -6.51. The summed E-state index contributed by atoms with van der Waals surface area (Å²) in [6.07, 6.45) is -6.08. The zero-order valence-corrected chi connectivity index (χ0v) is 27.4. The molecular weight excluding hydrogens is 666 g/mol. The van der Waals surface area contributed by atoms with Gasteiger partial charge >= 0.3 is 28.8 Å². The number of fused-ring (bicyclic) bond motifs is 1. The molecular formula is C32H40F6N4O5S. The number of phenols is 1. The van der Waals surface area contributed by atoms with Crippen molar-refractivity contribution < 1.29 is 45.8 Å². The van der Waals surface area contributed by atoms with Crippen LogP contribution in [-0.2, 0) is 27.2 Å². The molecule has 1 heterocycles. The van der Waals surface area contributed by atoms with E-state index in [4.69, 9.17) is 0 Å². The van der Waals surface area contributed by atoms with Crippen molar-refractivity contribution in [3.05, 3.63) is 63.3 Å². The van der Waals surface area contributed by atoms with Crippen LogP contribution in [0.3, 0.4) is 0 Å². The fourth-order valence-corrected chi connectivity index (χ4v) is 5.56. The zero-order valence-electron chi connectivity index (χ0n) is 26.6. The molecule has 0 saturated heterocycles. The second-order valence-electron chi connectivity index (χ2n) is 10.9. The number of alkyl halides is 6. The van der Waals surface area contributed by atoms with Crippen molar-refractivity contribution in [3.63, 3.8) is 0 Å². The largest absolute Gasteiger partial charge is 0.506 e. The smallest absolute Gasteiger partial charge is 0.458 e. The fourth-order valence-electron chi connectivity index (χ4n) is 4.66. The van der Waals surface area contributed by atoms with Crippen molar-refractivity contribution in [2.24, 2.45) is 0 Å². The molecule has 0 aliphatic heterocycles. The first-order valence-electron chi connectivity index (χ1n) is 15.4. The SMILES string of the molecule is CCCC[C@H](C)N(CCNCCc1ccc(O)c2[nH]c(=O)sc12)C(=O)CCNCCc1ccccc1.O=C(C(=O)C(F)(F)F)C(F)(F)F. The number of nitrogens with zero attached hydrogens (tertiary/aromatic N) is 1. The molecule has 3 rings (SSSR count). The Kier molecular flexibility index (Phi) is 16.2. The number of amides is 1. The molecule has 0 spiro atoms. The number of benzene rings is 2. The Morgan fingerprint density at radius 1 is 0.896 bits per heavy atom. The lowest BCUT2D eigenvalue weighted by atomic mass is 10.1. The normalized spacial score (nSPS) is 12.3. The van der Waals surface area contributed by atoms with Crippen LogP contribution < -0.4 is 15.5 Å². The second-order valence-corrected chi connectivity index (χ2v) is 11.9. The predicted octanol–water partition coefficient (Wildman–Crippen LogP) is 5.31. The van der Waals surface area contributed by atoms with Crippen LogP contribution >= 0.6 is 11.3 Å². The van der Waals surface area contributed by atoms with Gasteiger partial charge in [-0.25, -0.2) is 0 Å². The second kappa shape index (κ2) is 19.3. The minimum absolute atomic E-state index is 0.102. The summed E-state index contributed by atoms with van der Waals surface area (Å²) in [7, 11) is 0. The molecule has 0 fully saturated rings. The summed E-state index contributed by atoms with van der Waals surface area (Å²) in [5.41, 5.74) is 2.85. The number of rotatable bonds is 17. The van der Waals surface area contributed by atoms with E-state index in [1.807, 2.05) is 17.0 Å². The van der Waals surface area contributed by atoms with Crippen LogP contribution in [0, 0.1) is 0 Å². The van der Waals surface area contributed by atoms with Crippen LogP contribution in [0.25, 0.3) is 10.2 Å². The van der Waals surface area contributed by atoms with Crippen LogP contribution in [0.4, 0.5) is 26.3 Å². The van der Waals surface area contributed by atoms with Crippen LogP contribution in [0.1, 0.15) is 50.7 Å². The van der Waals surface area contributed by atoms with Gasteiger partial charge in [-0.2, -0.15) is 26.3 Å². The quantitative estimate of drug-likeness (QED) is 0.0851. The molecule has 0 aliphatic rings. The van der Waals surface area contributed by atoms with Gasteiger partial charge in [-0.05, 0) is 56.5 Å². The number of halogens is 6. The average molecular weight is 707 g/mol. The molecule has 16 heteroatoms. The lowest BCUT2D eigenvalue weighted by molar-refractivity contribution is -0.193. The molecule has 2 aromatic carbocycles. The number of H-pyrrole nitrogens is 1. The summed E-state index contributed by atoms with van der Waals surface area (Å²) in [6.45, 7) is 8.01. The topological polar surface area (TPSA) is 132 Å². The maximum atomic E-state index is 13.0. The van der Waals surface area contributed by atoms with Crippen molar-refractivity contribution in [2.45, 2.75) is 70.8 Å². The highest BCUT2D eigenvalue weighted by atomic mass is 32.1. The predicted molar refractivity (Wildman–Crippen MR) is 171 cm³/mol. The molecule has 1 atom stereocenters. The van der Waals surface area contributed by atoms with E-state index in [0.717, 1.165) is 66.8 Å². The molecule has 4 N–H and O–H groups in total. The third kappa shape index (κ3) is 13.4. The Hall–Kier alpha value is -3.76.